The zero-order valence-corrected chi connectivity index (χ0v) is 14.2. The number of nitrogens with one attached hydrogen (secondary N) is 1. The standard InChI is InChI=1S/C15H13N11/c1-8-12(16-4)14(26(24-8)11-5-6-17-7-18-11)22-20-13-9(2)23-25-10(3)19-21-15(13)25/h5-7,21H,1-3H3/b22-20+. The van der Waals surface area contributed by atoms with Crippen LogP contribution in [0.25, 0.3) is 16.3 Å². The zero-order chi connectivity index (χ0) is 18.3. The van der Waals surface area contributed by atoms with Gasteiger partial charge in [-0.2, -0.15) is 19.8 Å². The molecule has 0 aliphatic carbocycles. The average Bonchev–Trinajstić information content (AvgIpc) is 3.27. The lowest BCUT2D eigenvalue weighted by molar-refractivity contribution is 0.820. The van der Waals surface area contributed by atoms with Gasteiger partial charge in [0.1, 0.15) is 12.2 Å². The quantitative estimate of drug-likeness (QED) is 0.451. The van der Waals surface area contributed by atoms with Gasteiger partial charge in [-0.05, 0) is 20.8 Å². The number of rotatable bonds is 3. The summed E-state index contributed by atoms with van der Waals surface area (Å²) in [7, 11) is 0. The smallest absolute Gasteiger partial charge is 0.255 e. The van der Waals surface area contributed by atoms with Gasteiger partial charge in [0.15, 0.2) is 23.0 Å². The normalized spacial score (nSPS) is 11.5. The molecule has 128 valence electrons. The van der Waals surface area contributed by atoms with E-state index in [1.165, 1.54) is 11.0 Å². The largest absolute Gasteiger partial charge is 0.258 e. The maximum absolute atomic E-state index is 7.44. The molecule has 0 aliphatic heterocycles. The summed E-state index contributed by atoms with van der Waals surface area (Å²) in [6.07, 6.45) is 3.00. The molecule has 0 amide bonds. The minimum absolute atomic E-state index is 0.297. The Balaban J connectivity index is 1.87. The van der Waals surface area contributed by atoms with E-state index in [0.29, 0.717) is 45.9 Å². The zero-order valence-electron chi connectivity index (χ0n) is 14.2. The van der Waals surface area contributed by atoms with E-state index in [0.717, 1.165) is 0 Å². The lowest BCUT2D eigenvalue weighted by Gasteiger charge is -2.01. The lowest BCUT2D eigenvalue weighted by Crippen LogP contribution is -1.99. The van der Waals surface area contributed by atoms with E-state index < -0.39 is 0 Å². The van der Waals surface area contributed by atoms with Crippen molar-refractivity contribution in [2.75, 3.05) is 0 Å². The van der Waals surface area contributed by atoms with E-state index in [9.17, 15) is 0 Å². The first kappa shape index (κ1) is 15.6. The summed E-state index contributed by atoms with van der Waals surface area (Å²) in [5.74, 6) is 1.51. The number of aryl methyl sites for hydroxylation is 3. The maximum Gasteiger partial charge on any atom is 0.255 e. The second-order valence-electron chi connectivity index (χ2n) is 5.51. The first-order chi connectivity index (χ1) is 12.6. The van der Waals surface area contributed by atoms with Gasteiger partial charge in [-0.1, -0.05) is 0 Å². The summed E-state index contributed by atoms with van der Waals surface area (Å²) in [5, 5.41) is 24.3. The maximum atomic E-state index is 7.44. The van der Waals surface area contributed by atoms with Crippen molar-refractivity contribution in [3.8, 4) is 5.82 Å². The van der Waals surface area contributed by atoms with Crippen molar-refractivity contribution < 1.29 is 0 Å². The molecule has 4 rings (SSSR count). The van der Waals surface area contributed by atoms with Crippen molar-refractivity contribution in [2.45, 2.75) is 20.8 Å². The van der Waals surface area contributed by atoms with Gasteiger partial charge in [-0.15, -0.1) is 10.2 Å². The molecule has 0 fully saturated rings. The number of aromatic nitrogens is 8. The van der Waals surface area contributed by atoms with Gasteiger partial charge >= 0.3 is 0 Å². The van der Waals surface area contributed by atoms with E-state index in [1.54, 1.807) is 23.7 Å². The fourth-order valence-electron chi connectivity index (χ4n) is 2.55. The van der Waals surface area contributed by atoms with E-state index in [2.05, 4.69) is 45.4 Å². The third-order valence-corrected chi connectivity index (χ3v) is 3.80. The summed E-state index contributed by atoms with van der Waals surface area (Å²) >= 11 is 0. The second kappa shape index (κ2) is 5.85. The minimum Gasteiger partial charge on any atom is -0.258 e. The van der Waals surface area contributed by atoms with Crippen LogP contribution in [0, 0.1) is 27.3 Å². The topological polar surface area (TPSA) is 119 Å². The van der Waals surface area contributed by atoms with Gasteiger partial charge in [0, 0.05) is 12.3 Å². The van der Waals surface area contributed by atoms with Crippen LogP contribution in [0.5, 0.6) is 0 Å². The van der Waals surface area contributed by atoms with Crippen LogP contribution in [0.3, 0.4) is 0 Å². The number of fused-ring (bicyclic) bond motifs is 1. The highest BCUT2D eigenvalue weighted by Crippen LogP contribution is 2.35. The molecule has 0 atom stereocenters. The molecule has 0 unspecified atom stereocenters. The van der Waals surface area contributed by atoms with Crippen LogP contribution in [-0.2, 0) is 0 Å². The highest BCUT2D eigenvalue weighted by Gasteiger charge is 2.18. The predicted molar refractivity (Wildman–Crippen MR) is 91.1 cm³/mol. The van der Waals surface area contributed by atoms with Crippen LogP contribution >= 0.6 is 0 Å². The monoisotopic (exact) mass is 347 g/mol. The second-order valence-corrected chi connectivity index (χ2v) is 5.51. The van der Waals surface area contributed by atoms with Crippen LogP contribution in [0.2, 0.25) is 0 Å². The van der Waals surface area contributed by atoms with Crippen molar-refractivity contribution in [1.29, 1.82) is 0 Å². The summed E-state index contributed by atoms with van der Waals surface area (Å²) in [5.41, 5.74) is 2.74. The molecule has 0 aliphatic rings. The number of azo groups is 1. The lowest BCUT2D eigenvalue weighted by atomic mass is 10.4. The fourth-order valence-corrected chi connectivity index (χ4v) is 2.55. The van der Waals surface area contributed by atoms with Gasteiger partial charge < -0.3 is 0 Å². The molecule has 0 spiro atoms. The SMILES string of the molecule is [C-]#[N+]c1c(C)nn(-c2ccncn2)c1/N=N/c1c(C)nn2c(C)n[nH]c12. The van der Waals surface area contributed by atoms with Crippen molar-refractivity contribution >= 4 is 22.8 Å². The van der Waals surface area contributed by atoms with Crippen molar-refractivity contribution in [3.05, 3.63) is 47.2 Å². The highest BCUT2D eigenvalue weighted by atomic mass is 15.4. The summed E-state index contributed by atoms with van der Waals surface area (Å²) < 4.78 is 3.13. The Morgan fingerprint density at radius 1 is 1.15 bits per heavy atom. The molecule has 0 radical (unpaired) electrons. The van der Waals surface area contributed by atoms with Crippen molar-refractivity contribution in [1.82, 2.24) is 39.6 Å². The Morgan fingerprint density at radius 2 is 2.00 bits per heavy atom. The summed E-state index contributed by atoms with van der Waals surface area (Å²) in [6.45, 7) is 12.8. The van der Waals surface area contributed by atoms with Crippen LogP contribution in [-0.4, -0.2) is 39.6 Å². The van der Waals surface area contributed by atoms with Gasteiger partial charge in [0.05, 0.1) is 18.0 Å². The third-order valence-electron chi connectivity index (χ3n) is 3.80. The molecule has 0 bridgehead atoms. The molecular formula is C15H13N11. The van der Waals surface area contributed by atoms with E-state index in [-0.39, 0.29) is 0 Å². The molecule has 0 saturated heterocycles. The van der Waals surface area contributed by atoms with Crippen LogP contribution < -0.4 is 0 Å². The predicted octanol–water partition coefficient (Wildman–Crippen LogP) is 2.92. The number of hydrogen-bond acceptors (Lipinski definition) is 7. The molecule has 1 N–H and O–H groups in total. The Morgan fingerprint density at radius 3 is 2.73 bits per heavy atom. The minimum atomic E-state index is 0.297. The Bertz CT molecular complexity index is 1170. The third kappa shape index (κ3) is 2.32. The Hall–Kier alpha value is -3.94. The van der Waals surface area contributed by atoms with Crippen LogP contribution in [0.15, 0.2) is 28.8 Å². The van der Waals surface area contributed by atoms with Crippen LogP contribution in [0.1, 0.15) is 17.2 Å². The Kier molecular flexibility index (Phi) is 3.51. The molecular weight excluding hydrogens is 334 g/mol. The van der Waals surface area contributed by atoms with Crippen molar-refractivity contribution in [3.63, 3.8) is 0 Å². The van der Waals surface area contributed by atoms with Gasteiger partial charge in [0.25, 0.3) is 5.69 Å². The molecule has 0 saturated carbocycles. The van der Waals surface area contributed by atoms with Crippen molar-refractivity contribution in [2.24, 2.45) is 10.2 Å². The van der Waals surface area contributed by atoms with E-state index >= 15 is 0 Å². The van der Waals surface area contributed by atoms with E-state index in [4.69, 9.17) is 6.57 Å². The van der Waals surface area contributed by atoms with Gasteiger partial charge in [-0.25, -0.2) is 19.5 Å². The fraction of sp³-hybridized carbons (Fsp3) is 0.200. The summed E-state index contributed by atoms with van der Waals surface area (Å²) in [4.78, 5) is 11.6. The number of aromatic amines is 1. The van der Waals surface area contributed by atoms with Crippen LogP contribution in [0.4, 0.5) is 17.2 Å². The number of nitrogens with zero attached hydrogens (tertiary/aromatic N) is 10. The first-order valence-corrected chi connectivity index (χ1v) is 7.65. The first-order valence-electron chi connectivity index (χ1n) is 7.65. The Labute approximate surface area is 147 Å². The van der Waals surface area contributed by atoms with E-state index in [1.807, 2.05) is 13.8 Å². The average molecular weight is 347 g/mol. The molecule has 0 aromatic carbocycles. The molecule has 4 aromatic heterocycles. The molecule has 26 heavy (non-hydrogen) atoms. The molecule has 11 nitrogen and oxygen atoms in total. The highest BCUT2D eigenvalue weighted by molar-refractivity contribution is 5.69. The molecule has 11 heteroatoms. The number of H-pyrrole nitrogens is 1. The van der Waals surface area contributed by atoms with Gasteiger partial charge in [0.2, 0.25) is 0 Å². The van der Waals surface area contributed by atoms with Gasteiger partial charge in [-0.3, -0.25) is 5.10 Å². The summed E-state index contributed by atoms with van der Waals surface area (Å²) in [6, 6.07) is 1.68. The molecule has 4 heterocycles. The molecule has 4 aromatic rings. The number of hydrogen-bond donors (Lipinski definition) is 1.